The van der Waals surface area contributed by atoms with Crippen molar-refractivity contribution in [2.24, 2.45) is 11.5 Å². The second kappa shape index (κ2) is 10.7. The molecule has 0 unspecified atom stereocenters. The smallest absolute Gasteiger partial charge is 0.0594 e. The van der Waals surface area contributed by atoms with Crippen molar-refractivity contribution < 1.29 is 9.47 Å². The number of rotatable bonds is 4. The highest BCUT2D eigenvalue weighted by molar-refractivity contribution is 4.61. The second-order valence-corrected chi connectivity index (χ2v) is 4.49. The highest BCUT2D eigenvalue weighted by Crippen LogP contribution is 1.94. The van der Waals surface area contributed by atoms with Crippen molar-refractivity contribution in [2.75, 3.05) is 78.8 Å². The maximum Gasteiger partial charge on any atom is 0.0594 e. The van der Waals surface area contributed by atoms with Crippen LogP contribution in [0.15, 0.2) is 0 Å². The Balaban J connectivity index is 0.000000180. The summed E-state index contributed by atoms with van der Waals surface area (Å²) < 4.78 is 10.3. The van der Waals surface area contributed by atoms with E-state index in [1.807, 2.05) is 0 Å². The monoisotopic (exact) mass is 260 g/mol. The molecule has 6 nitrogen and oxygen atoms in total. The minimum absolute atomic E-state index is 0.764. The van der Waals surface area contributed by atoms with Crippen LogP contribution in [0.25, 0.3) is 0 Å². The van der Waals surface area contributed by atoms with Crippen LogP contribution in [0.5, 0.6) is 0 Å². The molecular weight excluding hydrogens is 232 g/mol. The fourth-order valence-corrected chi connectivity index (χ4v) is 2.01. The van der Waals surface area contributed by atoms with Crippen molar-refractivity contribution in [3.8, 4) is 0 Å². The zero-order valence-corrected chi connectivity index (χ0v) is 11.4. The minimum Gasteiger partial charge on any atom is -0.379 e. The summed E-state index contributed by atoms with van der Waals surface area (Å²) in [5, 5.41) is 0. The number of morpholine rings is 2. The average Bonchev–Trinajstić information content (AvgIpc) is 2.43. The van der Waals surface area contributed by atoms with E-state index < -0.39 is 0 Å². The van der Waals surface area contributed by atoms with Crippen molar-refractivity contribution in [1.29, 1.82) is 0 Å². The molecule has 0 radical (unpaired) electrons. The summed E-state index contributed by atoms with van der Waals surface area (Å²) in [6.45, 7) is 11.3. The molecule has 2 rings (SSSR count). The molecule has 2 fully saturated rings. The van der Waals surface area contributed by atoms with Gasteiger partial charge in [0.15, 0.2) is 0 Å². The zero-order chi connectivity index (χ0) is 13.1. The van der Waals surface area contributed by atoms with Crippen LogP contribution in [0, 0.1) is 0 Å². The first kappa shape index (κ1) is 15.8. The van der Waals surface area contributed by atoms with Gasteiger partial charge in [0, 0.05) is 52.4 Å². The Hall–Kier alpha value is -0.240. The quantitative estimate of drug-likeness (QED) is 0.644. The molecule has 2 aliphatic rings. The molecule has 0 amide bonds. The van der Waals surface area contributed by atoms with Crippen LogP contribution in [0.2, 0.25) is 0 Å². The van der Waals surface area contributed by atoms with Crippen molar-refractivity contribution in [2.45, 2.75) is 0 Å². The van der Waals surface area contributed by atoms with Gasteiger partial charge in [-0.3, -0.25) is 9.80 Å². The molecule has 6 heteroatoms. The largest absolute Gasteiger partial charge is 0.379 e. The molecule has 4 N–H and O–H groups in total. The van der Waals surface area contributed by atoms with Crippen LogP contribution in [-0.4, -0.2) is 88.6 Å². The molecule has 0 aromatic heterocycles. The Morgan fingerprint density at radius 2 is 1.00 bits per heavy atom. The van der Waals surface area contributed by atoms with Crippen molar-refractivity contribution in [3.05, 3.63) is 0 Å². The van der Waals surface area contributed by atoms with Crippen LogP contribution < -0.4 is 11.5 Å². The van der Waals surface area contributed by atoms with Crippen LogP contribution in [0.4, 0.5) is 0 Å². The molecule has 0 atom stereocenters. The second-order valence-electron chi connectivity index (χ2n) is 4.49. The Kier molecular flexibility index (Phi) is 9.37. The molecule has 0 bridgehead atoms. The predicted molar refractivity (Wildman–Crippen MR) is 72.6 cm³/mol. The zero-order valence-electron chi connectivity index (χ0n) is 11.4. The SMILES string of the molecule is NCCN1CCOCC1.NCCN1CCOCC1. The molecule has 0 aliphatic carbocycles. The molecule has 2 heterocycles. The molecule has 2 saturated heterocycles. The number of nitrogens with zero attached hydrogens (tertiary/aromatic N) is 2. The van der Waals surface area contributed by atoms with Gasteiger partial charge in [-0.15, -0.1) is 0 Å². The third-order valence-electron chi connectivity index (χ3n) is 3.10. The topological polar surface area (TPSA) is 77.0 Å². The highest BCUT2D eigenvalue weighted by atomic mass is 16.5. The fraction of sp³-hybridized carbons (Fsp3) is 1.00. The molecule has 0 aromatic rings. The minimum atomic E-state index is 0.764. The third-order valence-corrected chi connectivity index (χ3v) is 3.10. The summed E-state index contributed by atoms with van der Waals surface area (Å²) in [5.41, 5.74) is 10.8. The number of hydrogen-bond acceptors (Lipinski definition) is 6. The lowest BCUT2D eigenvalue weighted by molar-refractivity contribution is 0.0393. The van der Waals surface area contributed by atoms with Gasteiger partial charge in [0.05, 0.1) is 26.4 Å². The molecule has 18 heavy (non-hydrogen) atoms. The summed E-state index contributed by atoms with van der Waals surface area (Å²) in [4.78, 5) is 4.65. The number of hydrogen-bond donors (Lipinski definition) is 2. The maximum absolute atomic E-state index is 5.38. The normalized spacial score (nSPS) is 22.3. The van der Waals surface area contributed by atoms with Crippen molar-refractivity contribution in [1.82, 2.24) is 9.80 Å². The van der Waals surface area contributed by atoms with Gasteiger partial charge >= 0.3 is 0 Å². The van der Waals surface area contributed by atoms with E-state index in [1.54, 1.807) is 0 Å². The lowest BCUT2D eigenvalue weighted by Crippen LogP contribution is -2.39. The van der Waals surface area contributed by atoms with Gasteiger partial charge in [0.25, 0.3) is 0 Å². The Bertz CT molecular complexity index is 157. The van der Waals surface area contributed by atoms with Gasteiger partial charge < -0.3 is 20.9 Å². The lowest BCUT2D eigenvalue weighted by atomic mass is 10.4. The van der Waals surface area contributed by atoms with Crippen LogP contribution in [0.3, 0.4) is 0 Å². The van der Waals surface area contributed by atoms with E-state index in [0.717, 1.165) is 78.8 Å². The summed E-state index contributed by atoms with van der Waals surface area (Å²) in [6, 6.07) is 0. The first-order valence-corrected chi connectivity index (χ1v) is 6.87. The van der Waals surface area contributed by atoms with E-state index in [1.165, 1.54) is 0 Å². The van der Waals surface area contributed by atoms with Crippen molar-refractivity contribution in [3.63, 3.8) is 0 Å². The van der Waals surface area contributed by atoms with Gasteiger partial charge in [0.2, 0.25) is 0 Å². The Morgan fingerprint density at radius 1 is 0.667 bits per heavy atom. The molecule has 108 valence electrons. The number of nitrogens with two attached hydrogens (primary N) is 2. The first-order chi connectivity index (χ1) is 8.86. The Labute approximate surface area is 110 Å². The van der Waals surface area contributed by atoms with Crippen LogP contribution in [-0.2, 0) is 9.47 Å². The van der Waals surface area contributed by atoms with E-state index >= 15 is 0 Å². The van der Waals surface area contributed by atoms with Gasteiger partial charge in [-0.05, 0) is 0 Å². The third kappa shape index (κ3) is 7.25. The van der Waals surface area contributed by atoms with E-state index in [4.69, 9.17) is 20.9 Å². The highest BCUT2D eigenvalue weighted by Gasteiger charge is 2.08. The summed E-state index contributed by atoms with van der Waals surface area (Å²) in [7, 11) is 0. The number of ether oxygens (including phenoxy) is 2. The summed E-state index contributed by atoms with van der Waals surface area (Å²) in [5.74, 6) is 0. The standard InChI is InChI=1S/2C6H14N2O/c2*7-1-2-8-3-5-9-6-4-8/h2*1-7H2. The first-order valence-electron chi connectivity index (χ1n) is 6.87. The Morgan fingerprint density at radius 3 is 1.28 bits per heavy atom. The summed E-state index contributed by atoms with van der Waals surface area (Å²) in [6.07, 6.45) is 0. The van der Waals surface area contributed by atoms with Gasteiger partial charge in [-0.25, -0.2) is 0 Å². The van der Waals surface area contributed by atoms with Crippen LogP contribution >= 0.6 is 0 Å². The van der Waals surface area contributed by atoms with E-state index in [0.29, 0.717) is 0 Å². The average molecular weight is 260 g/mol. The molecule has 0 spiro atoms. The van der Waals surface area contributed by atoms with E-state index in [2.05, 4.69) is 9.80 Å². The molecular formula is C12H28N4O2. The molecule has 0 aromatic carbocycles. The lowest BCUT2D eigenvalue weighted by Gasteiger charge is -2.25. The maximum atomic E-state index is 5.38. The van der Waals surface area contributed by atoms with Crippen molar-refractivity contribution >= 4 is 0 Å². The van der Waals surface area contributed by atoms with Gasteiger partial charge in [0.1, 0.15) is 0 Å². The van der Waals surface area contributed by atoms with Gasteiger partial charge in [-0.1, -0.05) is 0 Å². The van der Waals surface area contributed by atoms with E-state index in [9.17, 15) is 0 Å². The summed E-state index contributed by atoms with van der Waals surface area (Å²) >= 11 is 0. The van der Waals surface area contributed by atoms with E-state index in [-0.39, 0.29) is 0 Å². The van der Waals surface area contributed by atoms with Crippen LogP contribution in [0.1, 0.15) is 0 Å². The molecule has 0 saturated carbocycles. The molecule has 2 aliphatic heterocycles. The fourth-order valence-electron chi connectivity index (χ4n) is 2.01. The predicted octanol–water partition coefficient (Wildman–Crippen LogP) is -1.45. The van der Waals surface area contributed by atoms with Gasteiger partial charge in [-0.2, -0.15) is 0 Å².